The molecule has 6 heteroatoms. The standard InChI is InChI=1S/C9H6ClF2IN2/c10-4-5-3-7(13)6(1-2-14)8(15-5)9(11)12/h3,9H,1,4H2. The Bertz CT molecular complexity index is 404. The molecule has 0 saturated heterocycles. The molecule has 0 aliphatic heterocycles. The molecule has 0 aromatic carbocycles. The molecule has 0 aliphatic rings. The van der Waals surface area contributed by atoms with Crippen molar-refractivity contribution in [3.05, 3.63) is 26.6 Å². The molecule has 0 spiro atoms. The van der Waals surface area contributed by atoms with Crippen molar-refractivity contribution in [1.29, 1.82) is 5.26 Å². The second kappa shape index (κ2) is 5.56. The highest BCUT2D eigenvalue weighted by molar-refractivity contribution is 14.1. The van der Waals surface area contributed by atoms with Gasteiger partial charge in [-0.15, -0.1) is 11.6 Å². The van der Waals surface area contributed by atoms with Crippen LogP contribution in [0.15, 0.2) is 6.07 Å². The van der Waals surface area contributed by atoms with Crippen LogP contribution in [-0.4, -0.2) is 4.98 Å². The summed E-state index contributed by atoms with van der Waals surface area (Å²) in [5.74, 6) is 0.0859. The molecule has 1 aromatic rings. The van der Waals surface area contributed by atoms with Crippen LogP contribution >= 0.6 is 34.2 Å². The van der Waals surface area contributed by atoms with Gasteiger partial charge in [0.05, 0.1) is 24.1 Å². The molecule has 80 valence electrons. The molecule has 0 amide bonds. The van der Waals surface area contributed by atoms with Crippen LogP contribution in [0.3, 0.4) is 0 Å². The molecule has 15 heavy (non-hydrogen) atoms. The summed E-state index contributed by atoms with van der Waals surface area (Å²) in [5, 5.41) is 8.52. The monoisotopic (exact) mass is 342 g/mol. The van der Waals surface area contributed by atoms with Gasteiger partial charge in [-0.3, -0.25) is 4.98 Å². The van der Waals surface area contributed by atoms with E-state index >= 15 is 0 Å². The summed E-state index contributed by atoms with van der Waals surface area (Å²) in [4.78, 5) is 3.73. The molecule has 1 aromatic heterocycles. The molecule has 0 saturated carbocycles. The van der Waals surface area contributed by atoms with Crippen LogP contribution < -0.4 is 0 Å². The number of halogens is 4. The van der Waals surface area contributed by atoms with E-state index in [1.807, 2.05) is 28.7 Å². The minimum Gasteiger partial charge on any atom is -0.250 e. The highest BCUT2D eigenvalue weighted by Gasteiger charge is 2.18. The van der Waals surface area contributed by atoms with Crippen molar-refractivity contribution in [2.75, 3.05) is 0 Å². The zero-order valence-corrected chi connectivity index (χ0v) is 10.4. The van der Waals surface area contributed by atoms with E-state index in [0.717, 1.165) is 0 Å². The van der Waals surface area contributed by atoms with E-state index in [0.29, 0.717) is 14.8 Å². The van der Waals surface area contributed by atoms with Crippen LogP contribution in [0.5, 0.6) is 0 Å². The first-order valence-corrected chi connectivity index (χ1v) is 5.60. The molecule has 0 fully saturated rings. The Morgan fingerprint density at radius 2 is 2.27 bits per heavy atom. The zero-order chi connectivity index (χ0) is 11.4. The van der Waals surface area contributed by atoms with Gasteiger partial charge in [0.25, 0.3) is 6.43 Å². The van der Waals surface area contributed by atoms with Crippen molar-refractivity contribution in [3.63, 3.8) is 0 Å². The van der Waals surface area contributed by atoms with E-state index in [1.165, 1.54) is 0 Å². The molecule has 1 heterocycles. The van der Waals surface area contributed by atoms with Gasteiger partial charge in [-0.05, 0) is 28.7 Å². The number of alkyl halides is 3. The maximum Gasteiger partial charge on any atom is 0.280 e. The first-order valence-electron chi connectivity index (χ1n) is 3.99. The molecule has 2 nitrogen and oxygen atoms in total. The summed E-state index contributed by atoms with van der Waals surface area (Å²) in [5.41, 5.74) is 0.360. The Labute approximate surface area is 104 Å². The lowest BCUT2D eigenvalue weighted by Gasteiger charge is -2.09. The molecule has 0 unspecified atom stereocenters. The molecule has 0 aliphatic carbocycles. The Balaban J connectivity index is 3.30. The van der Waals surface area contributed by atoms with Gasteiger partial charge in [0.15, 0.2) is 0 Å². The van der Waals surface area contributed by atoms with Gasteiger partial charge in [0, 0.05) is 9.13 Å². The molecule has 0 radical (unpaired) electrons. The molecular weight excluding hydrogens is 336 g/mol. The predicted octanol–water partition coefficient (Wildman–Crippen LogP) is 3.43. The maximum absolute atomic E-state index is 12.6. The smallest absolute Gasteiger partial charge is 0.250 e. The summed E-state index contributed by atoms with van der Waals surface area (Å²) in [6.45, 7) is 0. The third-order valence-electron chi connectivity index (χ3n) is 1.75. The largest absolute Gasteiger partial charge is 0.280 e. The summed E-state index contributed by atoms with van der Waals surface area (Å²) in [6, 6.07) is 3.46. The average Bonchev–Trinajstić information content (AvgIpc) is 2.20. The molecule has 0 bridgehead atoms. The number of rotatable bonds is 3. The second-order valence-corrected chi connectivity index (χ2v) is 4.16. The van der Waals surface area contributed by atoms with Gasteiger partial charge in [-0.2, -0.15) is 5.26 Å². The van der Waals surface area contributed by atoms with Crippen molar-refractivity contribution in [3.8, 4) is 6.07 Å². The Morgan fingerprint density at radius 1 is 1.60 bits per heavy atom. The first kappa shape index (κ1) is 12.6. The van der Waals surface area contributed by atoms with E-state index in [1.54, 1.807) is 6.07 Å². The molecular formula is C9H6ClF2IN2. The first-order chi connectivity index (χ1) is 7.10. The lowest BCUT2D eigenvalue weighted by molar-refractivity contribution is 0.144. The predicted molar refractivity (Wildman–Crippen MR) is 60.8 cm³/mol. The minimum absolute atomic E-state index is 0.0620. The summed E-state index contributed by atoms with van der Waals surface area (Å²) in [7, 11) is 0. The Hall–Kier alpha value is -0.480. The van der Waals surface area contributed by atoms with E-state index < -0.39 is 6.43 Å². The highest BCUT2D eigenvalue weighted by Crippen LogP contribution is 2.26. The molecule has 0 atom stereocenters. The summed E-state index contributed by atoms with van der Waals surface area (Å²) in [6.07, 6.45) is -2.74. The zero-order valence-electron chi connectivity index (χ0n) is 7.48. The lowest BCUT2D eigenvalue weighted by atomic mass is 10.1. The lowest BCUT2D eigenvalue weighted by Crippen LogP contribution is -2.04. The number of nitriles is 1. The average molecular weight is 343 g/mol. The summed E-state index contributed by atoms with van der Waals surface area (Å²) < 4.78 is 25.9. The van der Waals surface area contributed by atoms with Crippen LogP contribution in [-0.2, 0) is 12.3 Å². The third kappa shape index (κ3) is 2.98. The Morgan fingerprint density at radius 3 is 2.73 bits per heavy atom. The van der Waals surface area contributed by atoms with Gasteiger partial charge in [-0.1, -0.05) is 0 Å². The van der Waals surface area contributed by atoms with Gasteiger partial charge in [0.2, 0.25) is 0 Å². The fraction of sp³-hybridized carbons (Fsp3) is 0.333. The maximum atomic E-state index is 12.6. The number of pyridine rings is 1. The van der Waals surface area contributed by atoms with Gasteiger partial charge < -0.3 is 0 Å². The van der Waals surface area contributed by atoms with Crippen LogP contribution in [0.2, 0.25) is 0 Å². The van der Waals surface area contributed by atoms with Crippen LogP contribution in [0.1, 0.15) is 23.4 Å². The number of hydrogen-bond donors (Lipinski definition) is 0. The number of aromatic nitrogens is 1. The molecule has 0 N–H and O–H groups in total. The quantitative estimate of drug-likeness (QED) is 0.623. The van der Waals surface area contributed by atoms with Crippen LogP contribution in [0.25, 0.3) is 0 Å². The fourth-order valence-electron chi connectivity index (χ4n) is 1.11. The van der Waals surface area contributed by atoms with Crippen molar-refractivity contribution >= 4 is 34.2 Å². The van der Waals surface area contributed by atoms with Crippen molar-refractivity contribution in [1.82, 2.24) is 4.98 Å². The normalized spacial score (nSPS) is 10.4. The second-order valence-electron chi connectivity index (χ2n) is 2.73. The van der Waals surface area contributed by atoms with Gasteiger partial charge in [0.1, 0.15) is 5.69 Å². The molecule has 1 rings (SSSR count). The summed E-state index contributed by atoms with van der Waals surface area (Å²) >= 11 is 7.44. The van der Waals surface area contributed by atoms with Crippen LogP contribution in [0.4, 0.5) is 8.78 Å². The highest BCUT2D eigenvalue weighted by atomic mass is 127. The number of nitrogens with zero attached hydrogens (tertiary/aromatic N) is 2. The fourth-order valence-corrected chi connectivity index (χ4v) is 2.08. The van der Waals surface area contributed by atoms with Crippen molar-refractivity contribution in [2.45, 2.75) is 18.7 Å². The SMILES string of the molecule is N#CCc1c(I)cc(CCl)nc1C(F)F. The van der Waals surface area contributed by atoms with Gasteiger partial charge >= 0.3 is 0 Å². The van der Waals surface area contributed by atoms with E-state index in [2.05, 4.69) is 4.98 Å². The van der Waals surface area contributed by atoms with Crippen molar-refractivity contribution in [2.24, 2.45) is 0 Å². The van der Waals surface area contributed by atoms with Crippen LogP contribution in [0, 0.1) is 14.9 Å². The topological polar surface area (TPSA) is 36.7 Å². The number of hydrogen-bond acceptors (Lipinski definition) is 2. The van der Waals surface area contributed by atoms with E-state index in [9.17, 15) is 8.78 Å². The van der Waals surface area contributed by atoms with E-state index in [4.69, 9.17) is 16.9 Å². The minimum atomic E-state index is -2.68. The Kier molecular flexibility index (Phi) is 4.67. The van der Waals surface area contributed by atoms with Crippen molar-refractivity contribution < 1.29 is 8.78 Å². The van der Waals surface area contributed by atoms with Gasteiger partial charge in [-0.25, -0.2) is 8.78 Å². The van der Waals surface area contributed by atoms with E-state index in [-0.39, 0.29) is 18.0 Å². The third-order valence-corrected chi connectivity index (χ3v) is 2.99.